The average Bonchev–Trinajstić information content (AvgIpc) is 2.35. The number of ether oxygens (including phenoxy) is 1. The van der Waals surface area contributed by atoms with E-state index in [1.807, 2.05) is 30.3 Å². The molecule has 0 radical (unpaired) electrons. The molecule has 0 saturated heterocycles. The molecule has 0 aromatic heterocycles. The van der Waals surface area contributed by atoms with Crippen LogP contribution in [0.3, 0.4) is 0 Å². The van der Waals surface area contributed by atoms with Crippen molar-refractivity contribution in [3.63, 3.8) is 0 Å². The van der Waals surface area contributed by atoms with E-state index in [1.54, 1.807) is 0 Å². The molecule has 16 heavy (non-hydrogen) atoms. The number of hydrogen-bond acceptors (Lipinski definition) is 2. The summed E-state index contributed by atoms with van der Waals surface area (Å²) in [6.45, 7) is 2.68. The number of benzene rings is 1. The van der Waals surface area contributed by atoms with Crippen molar-refractivity contribution in [2.45, 2.75) is 45.3 Å². The van der Waals surface area contributed by atoms with Crippen LogP contribution < -0.4 is 0 Å². The Labute approximate surface area is 97.6 Å². The molecular formula is C14H20O2. The number of rotatable bonds is 8. The molecule has 88 valence electrons. The lowest BCUT2D eigenvalue weighted by Crippen LogP contribution is -2.14. The molecule has 0 fully saturated rings. The molecule has 0 spiro atoms. The molecule has 2 heteroatoms. The van der Waals surface area contributed by atoms with Gasteiger partial charge in [0.05, 0.1) is 6.61 Å². The standard InChI is InChI=1S/C14H20O2/c1-2-3-5-10-14(11-15)16-12-13-8-6-4-7-9-13/h4,6-9,11,14H,2-3,5,10,12H2,1H3/t14-/m0/s1. The molecule has 0 aliphatic carbocycles. The number of hydrogen-bond donors (Lipinski definition) is 0. The summed E-state index contributed by atoms with van der Waals surface area (Å²) >= 11 is 0. The van der Waals surface area contributed by atoms with Crippen LogP contribution in [0.25, 0.3) is 0 Å². The normalized spacial score (nSPS) is 12.3. The van der Waals surface area contributed by atoms with Gasteiger partial charge in [0, 0.05) is 0 Å². The van der Waals surface area contributed by atoms with E-state index in [1.165, 1.54) is 12.8 Å². The minimum atomic E-state index is -0.244. The minimum Gasteiger partial charge on any atom is -0.366 e. The van der Waals surface area contributed by atoms with Gasteiger partial charge in [-0.2, -0.15) is 0 Å². The lowest BCUT2D eigenvalue weighted by Gasteiger charge is -2.11. The summed E-state index contributed by atoms with van der Waals surface area (Å²) in [4.78, 5) is 10.8. The average molecular weight is 220 g/mol. The van der Waals surface area contributed by atoms with Crippen LogP contribution in [0.15, 0.2) is 30.3 Å². The van der Waals surface area contributed by atoms with E-state index >= 15 is 0 Å². The first-order valence-electron chi connectivity index (χ1n) is 5.97. The first-order valence-corrected chi connectivity index (χ1v) is 5.97. The van der Waals surface area contributed by atoms with E-state index in [9.17, 15) is 4.79 Å². The van der Waals surface area contributed by atoms with Gasteiger partial charge in [-0.05, 0) is 12.0 Å². The fraction of sp³-hybridized carbons (Fsp3) is 0.500. The van der Waals surface area contributed by atoms with Gasteiger partial charge in [-0.1, -0.05) is 56.5 Å². The van der Waals surface area contributed by atoms with Crippen molar-refractivity contribution in [3.8, 4) is 0 Å². The molecule has 1 rings (SSSR count). The maximum absolute atomic E-state index is 10.8. The quantitative estimate of drug-likeness (QED) is 0.496. The Kier molecular flexibility index (Phi) is 6.50. The second kappa shape index (κ2) is 8.05. The molecule has 0 N–H and O–H groups in total. The summed E-state index contributed by atoms with van der Waals surface area (Å²) < 4.78 is 5.56. The molecule has 0 bridgehead atoms. The highest BCUT2D eigenvalue weighted by atomic mass is 16.5. The van der Waals surface area contributed by atoms with Gasteiger partial charge < -0.3 is 9.53 Å². The van der Waals surface area contributed by atoms with Gasteiger partial charge in [0.15, 0.2) is 0 Å². The van der Waals surface area contributed by atoms with Crippen LogP contribution in [-0.4, -0.2) is 12.4 Å². The molecule has 0 aliphatic rings. The Hall–Kier alpha value is -1.15. The Morgan fingerprint density at radius 2 is 2.00 bits per heavy atom. The first-order chi connectivity index (χ1) is 7.86. The lowest BCUT2D eigenvalue weighted by atomic mass is 10.1. The topological polar surface area (TPSA) is 26.3 Å². The second-order valence-corrected chi connectivity index (χ2v) is 3.97. The van der Waals surface area contributed by atoms with E-state index in [0.717, 1.165) is 24.7 Å². The van der Waals surface area contributed by atoms with Crippen LogP contribution in [-0.2, 0) is 16.1 Å². The summed E-state index contributed by atoms with van der Waals surface area (Å²) in [5.41, 5.74) is 1.12. The molecule has 1 aromatic rings. The number of carbonyl (C=O) groups is 1. The van der Waals surface area contributed by atoms with E-state index in [2.05, 4.69) is 6.92 Å². The molecule has 1 aromatic carbocycles. The van der Waals surface area contributed by atoms with Gasteiger partial charge in [-0.15, -0.1) is 0 Å². The number of carbonyl (C=O) groups excluding carboxylic acids is 1. The summed E-state index contributed by atoms with van der Waals surface area (Å²) in [5.74, 6) is 0. The third-order valence-corrected chi connectivity index (χ3v) is 2.55. The second-order valence-electron chi connectivity index (χ2n) is 3.97. The maximum atomic E-state index is 10.8. The van der Waals surface area contributed by atoms with Crippen molar-refractivity contribution in [2.75, 3.05) is 0 Å². The van der Waals surface area contributed by atoms with Crippen molar-refractivity contribution in [1.29, 1.82) is 0 Å². The smallest absolute Gasteiger partial charge is 0.148 e. The van der Waals surface area contributed by atoms with Crippen LogP contribution in [0.5, 0.6) is 0 Å². The Balaban J connectivity index is 2.26. The SMILES string of the molecule is CCCCC[C@@H](C=O)OCc1ccccc1. The van der Waals surface area contributed by atoms with E-state index in [-0.39, 0.29) is 6.10 Å². The van der Waals surface area contributed by atoms with Gasteiger partial charge >= 0.3 is 0 Å². The van der Waals surface area contributed by atoms with Gasteiger partial charge in [0.2, 0.25) is 0 Å². The first kappa shape index (κ1) is 12.9. The minimum absolute atomic E-state index is 0.244. The Morgan fingerprint density at radius 3 is 2.62 bits per heavy atom. The van der Waals surface area contributed by atoms with E-state index in [0.29, 0.717) is 6.61 Å². The fourth-order valence-corrected chi connectivity index (χ4v) is 1.56. The van der Waals surface area contributed by atoms with Crippen LogP contribution in [0, 0.1) is 0 Å². The Morgan fingerprint density at radius 1 is 1.25 bits per heavy atom. The number of unbranched alkanes of at least 4 members (excludes halogenated alkanes) is 2. The zero-order valence-corrected chi connectivity index (χ0v) is 9.89. The highest BCUT2D eigenvalue weighted by molar-refractivity contribution is 5.55. The fourth-order valence-electron chi connectivity index (χ4n) is 1.56. The monoisotopic (exact) mass is 220 g/mol. The van der Waals surface area contributed by atoms with Crippen molar-refractivity contribution < 1.29 is 9.53 Å². The van der Waals surface area contributed by atoms with E-state index in [4.69, 9.17) is 4.74 Å². The summed E-state index contributed by atoms with van der Waals surface area (Å²) in [7, 11) is 0. The highest BCUT2D eigenvalue weighted by Crippen LogP contribution is 2.08. The lowest BCUT2D eigenvalue weighted by molar-refractivity contribution is -0.119. The maximum Gasteiger partial charge on any atom is 0.148 e. The van der Waals surface area contributed by atoms with Gasteiger partial charge in [-0.25, -0.2) is 0 Å². The van der Waals surface area contributed by atoms with Crippen molar-refractivity contribution in [1.82, 2.24) is 0 Å². The third kappa shape index (κ3) is 5.08. The van der Waals surface area contributed by atoms with Crippen molar-refractivity contribution >= 4 is 6.29 Å². The largest absolute Gasteiger partial charge is 0.366 e. The molecular weight excluding hydrogens is 200 g/mol. The van der Waals surface area contributed by atoms with Crippen LogP contribution in [0.1, 0.15) is 38.2 Å². The Bertz CT molecular complexity index is 282. The van der Waals surface area contributed by atoms with Crippen LogP contribution in [0.4, 0.5) is 0 Å². The zero-order chi connectivity index (χ0) is 11.6. The molecule has 2 nitrogen and oxygen atoms in total. The molecule has 1 atom stereocenters. The summed E-state index contributed by atoms with van der Waals surface area (Å²) in [5, 5.41) is 0. The van der Waals surface area contributed by atoms with Gasteiger partial charge in [-0.3, -0.25) is 0 Å². The number of aldehydes is 1. The molecule has 0 saturated carbocycles. The van der Waals surface area contributed by atoms with Crippen LogP contribution in [0.2, 0.25) is 0 Å². The van der Waals surface area contributed by atoms with Gasteiger partial charge in [0.25, 0.3) is 0 Å². The summed E-state index contributed by atoms with van der Waals surface area (Å²) in [6, 6.07) is 9.95. The van der Waals surface area contributed by atoms with Crippen molar-refractivity contribution in [2.24, 2.45) is 0 Å². The molecule has 0 unspecified atom stereocenters. The third-order valence-electron chi connectivity index (χ3n) is 2.55. The summed E-state index contributed by atoms with van der Waals surface area (Å²) in [6.07, 6.45) is 4.91. The predicted octanol–water partition coefficient (Wildman–Crippen LogP) is 3.35. The molecule has 0 aliphatic heterocycles. The highest BCUT2D eigenvalue weighted by Gasteiger charge is 2.06. The van der Waals surface area contributed by atoms with Crippen molar-refractivity contribution in [3.05, 3.63) is 35.9 Å². The zero-order valence-electron chi connectivity index (χ0n) is 9.89. The van der Waals surface area contributed by atoms with E-state index < -0.39 is 0 Å². The van der Waals surface area contributed by atoms with Crippen LogP contribution >= 0.6 is 0 Å². The molecule has 0 heterocycles. The predicted molar refractivity (Wildman–Crippen MR) is 65.2 cm³/mol. The van der Waals surface area contributed by atoms with Gasteiger partial charge in [0.1, 0.15) is 12.4 Å². The molecule has 0 amide bonds.